The second-order valence-electron chi connectivity index (χ2n) is 21.9. The zero-order valence-corrected chi connectivity index (χ0v) is 38.9. The summed E-state index contributed by atoms with van der Waals surface area (Å²) in [5.41, 5.74) is 21.8. The number of rotatable bonds is 4. The molecule has 0 atom stereocenters. The molecule has 312 valence electrons. The summed E-state index contributed by atoms with van der Waals surface area (Å²) in [6.07, 6.45) is 0. The fourth-order valence-electron chi connectivity index (χ4n) is 11.1. The molecule has 2 aliphatic heterocycles. The van der Waals surface area contributed by atoms with Crippen LogP contribution in [0.5, 0.6) is 0 Å². The maximum atomic E-state index is 2.76. The molecule has 3 nitrogen and oxygen atoms in total. The van der Waals surface area contributed by atoms with E-state index < -0.39 is 0 Å². The molecule has 3 aliphatic rings. The number of benzene rings is 7. The Balaban J connectivity index is 1.33. The molecular formula is C59H58BN3. The van der Waals surface area contributed by atoms with E-state index in [4.69, 9.17) is 0 Å². The van der Waals surface area contributed by atoms with Gasteiger partial charge in [0.05, 0.1) is 16.7 Å². The van der Waals surface area contributed by atoms with E-state index in [-0.39, 0.29) is 28.5 Å². The highest BCUT2D eigenvalue weighted by Crippen LogP contribution is 2.55. The van der Waals surface area contributed by atoms with Crippen LogP contribution in [-0.4, -0.2) is 11.4 Å². The van der Waals surface area contributed by atoms with E-state index in [1.54, 1.807) is 0 Å². The van der Waals surface area contributed by atoms with Gasteiger partial charge < -0.3 is 14.3 Å². The van der Waals surface area contributed by atoms with Gasteiger partial charge in [-0.05, 0) is 121 Å². The normalized spacial score (nSPS) is 15.2. The summed E-state index contributed by atoms with van der Waals surface area (Å²) in [6, 6.07) is 57.9. The lowest BCUT2D eigenvalue weighted by molar-refractivity contribution is 0.589. The van der Waals surface area contributed by atoms with Gasteiger partial charge in [0.25, 0.3) is 0 Å². The quantitative estimate of drug-likeness (QED) is 0.164. The summed E-state index contributed by atoms with van der Waals surface area (Å²) in [6.45, 7) is 25.9. The first kappa shape index (κ1) is 39.6. The van der Waals surface area contributed by atoms with E-state index in [0.29, 0.717) is 0 Å². The molecular weight excluding hydrogens is 761 g/mol. The van der Waals surface area contributed by atoms with Gasteiger partial charge in [0, 0.05) is 50.2 Å². The van der Waals surface area contributed by atoms with Gasteiger partial charge >= 0.3 is 6.85 Å². The summed E-state index contributed by atoms with van der Waals surface area (Å²) >= 11 is 0. The molecule has 8 aromatic rings. The van der Waals surface area contributed by atoms with Gasteiger partial charge in [0.15, 0.2) is 0 Å². The number of para-hydroxylation sites is 2. The van der Waals surface area contributed by atoms with E-state index in [9.17, 15) is 0 Å². The fourth-order valence-corrected chi connectivity index (χ4v) is 11.1. The molecule has 0 saturated heterocycles. The summed E-state index contributed by atoms with van der Waals surface area (Å²) in [7, 11) is 0. The first-order valence-electron chi connectivity index (χ1n) is 22.9. The van der Waals surface area contributed by atoms with Crippen LogP contribution in [0, 0.1) is 0 Å². The molecule has 11 rings (SSSR count). The second-order valence-corrected chi connectivity index (χ2v) is 21.9. The van der Waals surface area contributed by atoms with E-state index in [2.05, 4.69) is 242 Å². The first-order chi connectivity index (χ1) is 29.9. The predicted octanol–water partition coefficient (Wildman–Crippen LogP) is 14.1. The molecule has 0 radical (unpaired) electrons. The smallest absolute Gasteiger partial charge is 0.332 e. The minimum absolute atomic E-state index is 0.0330. The highest BCUT2D eigenvalue weighted by molar-refractivity contribution is 6.92. The number of fused-ring (bicyclic) bond motifs is 8. The molecule has 1 aliphatic carbocycles. The van der Waals surface area contributed by atoms with E-state index in [0.717, 1.165) is 11.4 Å². The Morgan fingerprint density at radius 1 is 0.540 bits per heavy atom. The van der Waals surface area contributed by atoms with Gasteiger partial charge in [-0.2, -0.15) is 0 Å². The summed E-state index contributed by atoms with van der Waals surface area (Å²) in [5, 5.41) is 2.57. The average molecular weight is 820 g/mol. The summed E-state index contributed by atoms with van der Waals surface area (Å²) in [4.78, 5) is 5.23. The van der Waals surface area contributed by atoms with Crippen molar-refractivity contribution in [2.75, 3.05) is 9.71 Å². The van der Waals surface area contributed by atoms with Crippen molar-refractivity contribution >= 4 is 67.9 Å². The lowest BCUT2D eigenvalue weighted by Crippen LogP contribution is -2.63. The molecule has 0 amide bonds. The number of anilines is 4. The van der Waals surface area contributed by atoms with Crippen LogP contribution in [0.15, 0.2) is 157 Å². The van der Waals surface area contributed by atoms with Crippen molar-refractivity contribution in [3.8, 4) is 5.69 Å². The Kier molecular flexibility index (Phi) is 8.41. The monoisotopic (exact) mass is 819 g/mol. The molecule has 0 spiro atoms. The Labute approximate surface area is 374 Å². The molecule has 3 heterocycles. The zero-order chi connectivity index (χ0) is 44.0. The van der Waals surface area contributed by atoms with Crippen molar-refractivity contribution < 1.29 is 0 Å². The SMILES string of the molecule is CC(C)(C)c1ccc(N2B3c4c(cc(C(C)(C)C)cc4-n4c5ccc(C(C)(C)C)cc5c5c(N(c6ccccc6)c6ccccc6)ccc3c54)C3=C2C(C)(C)c2ccccc23)cc1. The Morgan fingerprint density at radius 3 is 1.75 bits per heavy atom. The zero-order valence-electron chi connectivity index (χ0n) is 38.9. The van der Waals surface area contributed by atoms with E-state index in [1.165, 1.54) is 94.4 Å². The van der Waals surface area contributed by atoms with Crippen molar-refractivity contribution in [1.29, 1.82) is 0 Å². The third-order valence-electron chi connectivity index (χ3n) is 14.4. The van der Waals surface area contributed by atoms with Gasteiger partial charge in [-0.25, -0.2) is 0 Å². The number of allylic oxidation sites excluding steroid dienone is 1. The number of hydrogen-bond acceptors (Lipinski definition) is 2. The van der Waals surface area contributed by atoms with Crippen LogP contribution >= 0.6 is 0 Å². The summed E-state index contributed by atoms with van der Waals surface area (Å²) in [5.74, 6) is 0. The van der Waals surface area contributed by atoms with Crippen LogP contribution in [0.25, 0.3) is 33.1 Å². The molecule has 4 heteroatoms. The average Bonchev–Trinajstić information content (AvgIpc) is 3.72. The third kappa shape index (κ3) is 5.79. The maximum absolute atomic E-state index is 2.76. The Bertz CT molecular complexity index is 3140. The maximum Gasteiger partial charge on any atom is 0.332 e. The number of nitrogens with zero attached hydrogens (tertiary/aromatic N) is 3. The molecule has 1 aromatic heterocycles. The Hall–Kier alpha value is -6.26. The van der Waals surface area contributed by atoms with Gasteiger partial charge in [-0.15, -0.1) is 0 Å². The Morgan fingerprint density at radius 2 is 1.13 bits per heavy atom. The van der Waals surface area contributed by atoms with Crippen molar-refractivity contribution in [1.82, 2.24) is 4.57 Å². The molecule has 0 bridgehead atoms. The van der Waals surface area contributed by atoms with Crippen molar-refractivity contribution in [2.24, 2.45) is 0 Å². The van der Waals surface area contributed by atoms with Crippen LogP contribution in [-0.2, 0) is 21.7 Å². The van der Waals surface area contributed by atoms with E-state index >= 15 is 0 Å². The lowest BCUT2D eigenvalue weighted by Gasteiger charge is -2.46. The van der Waals surface area contributed by atoms with Crippen molar-refractivity contribution in [2.45, 2.75) is 97.8 Å². The summed E-state index contributed by atoms with van der Waals surface area (Å²) < 4.78 is 2.66. The molecule has 0 fully saturated rings. The van der Waals surface area contributed by atoms with E-state index in [1.807, 2.05) is 0 Å². The van der Waals surface area contributed by atoms with Crippen LogP contribution in [0.4, 0.5) is 22.7 Å². The topological polar surface area (TPSA) is 11.4 Å². The first-order valence-corrected chi connectivity index (χ1v) is 22.9. The minimum atomic E-state index is -0.257. The molecule has 0 unspecified atom stereocenters. The predicted molar refractivity (Wildman–Crippen MR) is 271 cm³/mol. The largest absolute Gasteiger partial charge is 0.379 e. The van der Waals surface area contributed by atoms with Crippen molar-refractivity contribution in [3.05, 3.63) is 191 Å². The highest BCUT2D eigenvalue weighted by Gasteiger charge is 2.52. The highest BCUT2D eigenvalue weighted by atomic mass is 15.2. The molecule has 63 heavy (non-hydrogen) atoms. The standard InChI is InChI=1S/C59H58BN3/c1-56(2,3)37-26-29-42(30-27-37)63-55-51(43-24-18-19-25-46(43)59(55,10)11)45-35-39(58(7,8)9)36-50-53(45)60(63)47-31-33-49(61(40-20-14-12-15-21-40)41-22-16-13-17-23-41)52-44-34-38(57(4,5)6)28-32-48(44)62(50)54(47)52/h12-36H,1-11H3. The van der Waals surface area contributed by atoms with Crippen LogP contribution in [0.2, 0.25) is 0 Å². The minimum Gasteiger partial charge on any atom is -0.379 e. The fraction of sp³-hybridized carbons (Fsp3) is 0.254. The van der Waals surface area contributed by atoms with Crippen LogP contribution < -0.4 is 20.6 Å². The number of aromatic nitrogens is 1. The van der Waals surface area contributed by atoms with Crippen LogP contribution in [0.1, 0.15) is 110 Å². The molecule has 0 N–H and O–H groups in total. The molecule has 0 saturated carbocycles. The second kappa shape index (κ2) is 13.4. The van der Waals surface area contributed by atoms with Crippen molar-refractivity contribution in [3.63, 3.8) is 0 Å². The van der Waals surface area contributed by atoms with Gasteiger partial charge in [-0.1, -0.05) is 167 Å². The van der Waals surface area contributed by atoms with Gasteiger partial charge in [0.2, 0.25) is 0 Å². The van der Waals surface area contributed by atoms with Crippen LogP contribution in [0.3, 0.4) is 0 Å². The number of hydrogen-bond donors (Lipinski definition) is 0. The third-order valence-corrected chi connectivity index (χ3v) is 14.4. The van der Waals surface area contributed by atoms with Gasteiger partial charge in [0.1, 0.15) is 0 Å². The molecule has 7 aromatic carbocycles. The lowest BCUT2D eigenvalue weighted by atomic mass is 9.43. The van der Waals surface area contributed by atoms with Gasteiger partial charge in [-0.3, -0.25) is 0 Å².